The van der Waals surface area contributed by atoms with Crippen LogP contribution in [0.2, 0.25) is 0 Å². The molecule has 1 N–H and O–H groups in total. The molecule has 0 spiro atoms. The maximum atomic E-state index is 12.5. The van der Waals surface area contributed by atoms with Crippen LogP contribution in [0.5, 0.6) is 5.75 Å². The topological polar surface area (TPSA) is 38.3 Å². The van der Waals surface area contributed by atoms with Gasteiger partial charge in [-0.3, -0.25) is 4.79 Å². The number of carbonyl (C=O) groups is 1. The SMILES string of the molecule is COc1ccccc1[C@@H]1C[C@H]1C(=O)NCC1CCc2ccccc21. The number of rotatable bonds is 5. The number of fused-ring (bicyclic) bond motifs is 1. The van der Waals surface area contributed by atoms with Crippen LogP contribution in [-0.4, -0.2) is 19.6 Å². The van der Waals surface area contributed by atoms with Gasteiger partial charge in [0.25, 0.3) is 0 Å². The Morgan fingerprint density at radius 2 is 1.88 bits per heavy atom. The van der Waals surface area contributed by atoms with Gasteiger partial charge in [-0.05, 0) is 47.9 Å². The third-order valence-electron chi connectivity index (χ3n) is 5.45. The molecule has 0 aromatic heterocycles. The maximum absolute atomic E-state index is 12.5. The van der Waals surface area contributed by atoms with Crippen LogP contribution < -0.4 is 10.1 Å². The van der Waals surface area contributed by atoms with Crippen LogP contribution in [-0.2, 0) is 11.2 Å². The second-order valence-electron chi connectivity index (χ2n) is 6.87. The minimum absolute atomic E-state index is 0.0953. The fourth-order valence-electron chi connectivity index (χ4n) is 4.01. The van der Waals surface area contributed by atoms with Crippen LogP contribution in [0.4, 0.5) is 0 Å². The van der Waals surface area contributed by atoms with Crippen LogP contribution in [0.25, 0.3) is 0 Å². The Bertz CT molecular complexity index is 755. The van der Waals surface area contributed by atoms with Crippen molar-refractivity contribution >= 4 is 5.91 Å². The van der Waals surface area contributed by atoms with Gasteiger partial charge in [0.1, 0.15) is 5.75 Å². The summed E-state index contributed by atoms with van der Waals surface area (Å²) in [6, 6.07) is 16.6. The van der Waals surface area contributed by atoms with E-state index in [1.165, 1.54) is 11.1 Å². The third kappa shape index (κ3) is 2.79. The lowest BCUT2D eigenvalue weighted by atomic mass is 10.0. The number of carbonyl (C=O) groups excluding carboxylic acids is 1. The first-order valence-electron chi connectivity index (χ1n) is 8.76. The zero-order valence-electron chi connectivity index (χ0n) is 14.0. The lowest BCUT2D eigenvalue weighted by Crippen LogP contribution is -2.29. The molecule has 1 saturated carbocycles. The van der Waals surface area contributed by atoms with Crippen LogP contribution in [0.3, 0.4) is 0 Å². The Kier molecular flexibility index (Phi) is 4.01. The number of hydrogen-bond acceptors (Lipinski definition) is 2. The van der Waals surface area contributed by atoms with Crippen molar-refractivity contribution in [1.29, 1.82) is 0 Å². The van der Waals surface area contributed by atoms with Crippen LogP contribution in [0, 0.1) is 5.92 Å². The van der Waals surface area contributed by atoms with Gasteiger partial charge in [-0.25, -0.2) is 0 Å². The second kappa shape index (κ2) is 6.31. The summed E-state index contributed by atoms with van der Waals surface area (Å²) < 4.78 is 5.42. The Hall–Kier alpha value is -2.29. The van der Waals surface area contributed by atoms with Crippen molar-refractivity contribution in [2.45, 2.75) is 31.1 Å². The molecule has 2 aromatic rings. The molecule has 1 fully saturated rings. The molecule has 2 aliphatic rings. The first kappa shape index (κ1) is 15.3. The molecule has 24 heavy (non-hydrogen) atoms. The average molecular weight is 321 g/mol. The summed E-state index contributed by atoms with van der Waals surface area (Å²) in [6.07, 6.45) is 3.19. The van der Waals surface area contributed by atoms with Crippen LogP contribution in [0.1, 0.15) is 41.4 Å². The maximum Gasteiger partial charge on any atom is 0.223 e. The number of aryl methyl sites for hydroxylation is 1. The van der Waals surface area contributed by atoms with Gasteiger partial charge < -0.3 is 10.1 Å². The van der Waals surface area contributed by atoms with E-state index < -0.39 is 0 Å². The van der Waals surface area contributed by atoms with E-state index in [1.54, 1.807) is 7.11 Å². The lowest BCUT2D eigenvalue weighted by Gasteiger charge is -2.13. The molecule has 3 nitrogen and oxygen atoms in total. The third-order valence-corrected chi connectivity index (χ3v) is 5.45. The molecule has 0 radical (unpaired) electrons. The summed E-state index contributed by atoms with van der Waals surface area (Å²) in [5.41, 5.74) is 4.01. The van der Waals surface area contributed by atoms with Crippen LogP contribution in [0.15, 0.2) is 48.5 Å². The first-order chi connectivity index (χ1) is 11.8. The number of benzene rings is 2. The second-order valence-corrected chi connectivity index (χ2v) is 6.87. The molecule has 4 rings (SSSR count). The molecule has 1 amide bonds. The van der Waals surface area contributed by atoms with E-state index in [0.29, 0.717) is 11.8 Å². The molecular formula is C21H23NO2. The van der Waals surface area contributed by atoms with Crippen molar-refractivity contribution in [3.63, 3.8) is 0 Å². The number of para-hydroxylation sites is 1. The highest BCUT2D eigenvalue weighted by molar-refractivity contribution is 5.83. The molecule has 3 heteroatoms. The molecule has 0 aliphatic heterocycles. The molecule has 0 bridgehead atoms. The van der Waals surface area contributed by atoms with Crippen molar-refractivity contribution in [2.24, 2.45) is 5.92 Å². The zero-order chi connectivity index (χ0) is 16.5. The largest absolute Gasteiger partial charge is 0.496 e. The smallest absolute Gasteiger partial charge is 0.223 e. The molecular weight excluding hydrogens is 298 g/mol. The van der Waals surface area contributed by atoms with Crippen molar-refractivity contribution in [2.75, 3.05) is 13.7 Å². The average Bonchev–Trinajstić information content (AvgIpc) is 3.33. The number of amides is 1. The summed E-state index contributed by atoms with van der Waals surface area (Å²) in [6.45, 7) is 0.755. The summed E-state index contributed by atoms with van der Waals surface area (Å²) >= 11 is 0. The van der Waals surface area contributed by atoms with E-state index in [4.69, 9.17) is 4.74 Å². The van der Waals surface area contributed by atoms with E-state index >= 15 is 0 Å². The van der Waals surface area contributed by atoms with Gasteiger partial charge in [-0.1, -0.05) is 42.5 Å². The Morgan fingerprint density at radius 1 is 1.12 bits per heavy atom. The van der Waals surface area contributed by atoms with Crippen LogP contribution >= 0.6 is 0 Å². The minimum Gasteiger partial charge on any atom is -0.496 e. The number of methoxy groups -OCH3 is 1. The Labute approximate surface area is 143 Å². The van der Waals surface area contributed by atoms with E-state index in [0.717, 1.165) is 37.1 Å². The van der Waals surface area contributed by atoms with E-state index in [-0.39, 0.29) is 11.8 Å². The zero-order valence-corrected chi connectivity index (χ0v) is 14.0. The highest BCUT2D eigenvalue weighted by Crippen LogP contribution is 2.50. The number of ether oxygens (including phenoxy) is 1. The fraction of sp³-hybridized carbons (Fsp3) is 0.381. The highest BCUT2D eigenvalue weighted by Gasteiger charge is 2.45. The van der Waals surface area contributed by atoms with Crippen molar-refractivity contribution in [3.05, 3.63) is 65.2 Å². The predicted molar refractivity (Wildman–Crippen MR) is 94.4 cm³/mol. The molecule has 0 heterocycles. The van der Waals surface area contributed by atoms with Gasteiger partial charge in [0.2, 0.25) is 5.91 Å². The molecule has 3 atom stereocenters. The van der Waals surface area contributed by atoms with Crippen molar-refractivity contribution < 1.29 is 9.53 Å². The standard InChI is InChI=1S/C21H23NO2/c1-24-20-9-5-4-8-17(20)18-12-19(18)21(23)22-13-15-11-10-14-6-2-3-7-16(14)15/h2-9,15,18-19H,10-13H2,1H3,(H,22,23)/t15?,18-,19+/m0/s1. The molecule has 0 saturated heterocycles. The molecule has 1 unspecified atom stereocenters. The molecule has 2 aliphatic carbocycles. The molecule has 2 aromatic carbocycles. The normalized spacial score (nSPS) is 24.3. The highest BCUT2D eigenvalue weighted by atomic mass is 16.5. The van der Waals surface area contributed by atoms with Crippen molar-refractivity contribution in [1.82, 2.24) is 5.32 Å². The van der Waals surface area contributed by atoms with Gasteiger partial charge in [0.05, 0.1) is 7.11 Å². The van der Waals surface area contributed by atoms with Gasteiger partial charge >= 0.3 is 0 Å². The lowest BCUT2D eigenvalue weighted by molar-refractivity contribution is -0.122. The summed E-state index contributed by atoms with van der Waals surface area (Å²) in [5.74, 6) is 1.95. The summed E-state index contributed by atoms with van der Waals surface area (Å²) in [5, 5.41) is 3.18. The Morgan fingerprint density at radius 3 is 2.71 bits per heavy atom. The minimum atomic E-state index is 0.0953. The fourth-order valence-corrected chi connectivity index (χ4v) is 4.01. The van der Waals surface area contributed by atoms with Gasteiger partial charge in [0, 0.05) is 18.4 Å². The summed E-state index contributed by atoms with van der Waals surface area (Å²) in [4.78, 5) is 12.5. The van der Waals surface area contributed by atoms with Gasteiger partial charge in [0.15, 0.2) is 0 Å². The number of hydrogen-bond donors (Lipinski definition) is 1. The predicted octanol–water partition coefficient (Wildman–Crippen LogP) is 3.64. The quantitative estimate of drug-likeness (QED) is 0.913. The van der Waals surface area contributed by atoms with Crippen molar-refractivity contribution in [3.8, 4) is 5.75 Å². The monoisotopic (exact) mass is 321 g/mol. The Balaban J connectivity index is 1.35. The van der Waals surface area contributed by atoms with E-state index in [2.05, 4.69) is 35.6 Å². The van der Waals surface area contributed by atoms with E-state index in [9.17, 15) is 4.79 Å². The molecule has 124 valence electrons. The number of nitrogens with one attached hydrogen (secondary N) is 1. The van der Waals surface area contributed by atoms with E-state index in [1.807, 2.05) is 18.2 Å². The van der Waals surface area contributed by atoms with Gasteiger partial charge in [-0.15, -0.1) is 0 Å². The first-order valence-corrected chi connectivity index (χ1v) is 8.76. The van der Waals surface area contributed by atoms with Gasteiger partial charge in [-0.2, -0.15) is 0 Å². The summed E-state index contributed by atoms with van der Waals surface area (Å²) in [7, 11) is 1.69.